The normalized spacial score (nSPS) is 11.8. The van der Waals surface area contributed by atoms with Gasteiger partial charge in [-0.25, -0.2) is 4.79 Å². The monoisotopic (exact) mass is 385 g/mol. The summed E-state index contributed by atoms with van der Waals surface area (Å²) in [6.45, 7) is 4.73. The second-order valence-corrected chi connectivity index (χ2v) is 5.81. The van der Waals surface area contributed by atoms with Gasteiger partial charge in [0.15, 0.2) is 0 Å². The maximum Gasteiger partial charge on any atom is 0.333 e. The van der Waals surface area contributed by atoms with Gasteiger partial charge < -0.3 is 14.6 Å². The SMILES string of the molecule is C=C(C)C(=O)OCC(O)COc1ccc(N=Nc2ccc([N+](=O)[O-])cc2)cc1. The Balaban J connectivity index is 1.83. The molecule has 0 aliphatic heterocycles. The summed E-state index contributed by atoms with van der Waals surface area (Å²) in [5.74, 6) is -0.0682. The average Bonchev–Trinajstić information content (AvgIpc) is 2.69. The number of rotatable bonds is 9. The Kier molecular flexibility index (Phi) is 7.35. The van der Waals surface area contributed by atoms with Crippen molar-refractivity contribution in [2.75, 3.05) is 13.2 Å². The van der Waals surface area contributed by atoms with Gasteiger partial charge in [0, 0.05) is 17.7 Å². The first kappa shape index (κ1) is 20.7. The topological polar surface area (TPSA) is 124 Å². The smallest absolute Gasteiger partial charge is 0.333 e. The number of aliphatic hydroxyl groups is 1. The molecule has 0 spiro atoms. The summed E-state index contributed by atoms with van der Waals surface area (Å²) in [4.78, 5) is 21.4. The maximum atomic E-state index is 11.2. The van der Waals surface area contributed by atoms with Crippen LogP contribution in [0.2, 0.25) is 0 Å². The quantitative estimate of drug-likeness (QED) is 0.230. The molecule has 2 aromatic carbocycles. The Morgan fingerprint density at radius 2 is 1.64 bits per heavy atom. The van der Waals surface area contributed by atoms with E-state index in [0.717, 1.165) is 0 Å². The van der Waals surface area contributed by atoms with Crippen molar-refractivity contribution in [2.24, 2.45) is 10.2 Å². The molecule has 146 valence electrons. The molecule has 2 rings (SSSR count). The number of nitrogens with zero attached hydrogens (tertiary/aromatic N) is 3. The number of nitro benzene ring substituents is 1. The standard InChI is InChI=1S/C19H19N3O6/c1-13(2)19(24)28-12-17(23)11-27-18-9-5-15(6-10-18)21-20-14-3-7-16(8-4-14)22(25)26/h3-10,17,23H,1,11-12H2,2H3. The number of hydrogen-bond acceptors (Lipinski definition) is 8. The van der Waals surface area contributed by atoms with Gasteiger partial charge in [-0.15, -0.1) is 0 Å². The van der Waals surface area contributed by atoms with E-state index >= 15 is 0 Å². The third kappa shape index (κ3) is 6.61. The first-order chi connectivity index (χ1) is 13.3. The van der Waals surface area contributed by atoms with Crippen LogP contribution in [0.1, 0.15) is 6.92 Å². The van der Waals surface area contributed by atoms with Crippen LogP contribution in [0.5, 0.6) is 5.75 Å². The fourth-order valence-electron chi connectivity index (χ4n) is 1.90. The second-order valence-electron chi connectivity index (χ2n) is 5.81. The van der Waals surface area contributed by atoms with Gasteiger partial charge in [0.1, 0.15) is 25.1 Å². The lowest BCUT2D eigenvalue weighted by Gasteiger charge is -2.12. The van der Waals surface area contributed by atoms with Crippen LogP contribution < -0.4 is 4.74 Å². The van der Waals surface area contributed by atoms with Crippen LogP contribution in [0.25, 0.3) is 0 Å². The van der Waals surface area contributed by atoms with Gasteiger partial charge in [-0.2, -0.15) is 10.2 Å². The molecular formula is C19H19N3O6. The summed E-state index contributed by atoms with van der Waals surface area (Å²) in [6.07, 6.45) is -0.968. The van der Waals surface area contributed by atoms with Gasteiger partial charge in [-0.05, 0) is 43.3 Å². The summed E-state index contributed by atoms with van der Waals surface area (Å²) >= 11 is 0. The number of nitro groups is 1. The summed E-state index contributed by atoms with van der Waals surface area (Å²) in [5.41, 5.74) is 1.28. The molecule has 0 radical (unpaired) electrons. The molecule has 0 fully saturated rings. The molecule has 0 bridgehead atoms. The molecule has 0 saturated carbocycles. The zero-order valence-electron chi connectivity index (χ0n) is 15.1. The Morgan fingerprint density at radius 3 is 2.14 bits per heavy atom. The molecule has 0 saturated heterocycles. The minimum atomic E-state index is -0.968. The van der Waals surface area contributed by atoms with Gasteiger partial charge in [0.2, 0.25) is 0 Å². The third-order valence-electron chi connectivity index (χ3n) is 3.38. The number of ether oxygens (including phenoxy) is 2. The average molecular weight is 385 g/mol. The zero-order chi connectivity index (χ0) is 20.5. The molecule has 0 aromatic heterocycles. The molecule has 1 unspecified atom stereocenters. The van der Waals surface area contributed by atoms with Gasteiger partial charge in [-0.1, -0.05) is 6.58 Å². The Hall–Kier alpha value is -3.59. The van der Waals surface area contributed by atoms with Gasteiger partial charge in [0.05, 0.1) is 16.3 Å². The Labute approximate surface area is 161 Å². The first-order valence-corrected chi connectivity index (χ1v) is 8.25. The lowest BCUT2D eigenvalue weighted by molar-refractivity contribution is -0.384. The third-order valence-corrected chi connectivity index (χ3v) is 3.38. The number of esters is 1. The number of benzene rings is 2. The Bertz CT molecular complexity index is 862. The van der Waals surface area contributed by atoms with E-state index in [1.807, 2.05) is 0 Å². The molecular weight excluding hydrogens is 366 g/mol. The summed E-state index contributed by atoms with van der Waals surface area (Å²) in [6, 6.07) is 12.3. The van der Waals surface area contributed by atoms with Crippen molar-refractivity contribution in [3.63, 3.8) is 0 Å². The predicted molar refractivity (Wildman–Crippen MR) is 101 cm³/mol. The van der Waals surface area contributed by atoms with Crippen LogP contribution in [-0.4, -0.2) is 35.3 Å². The first-order valence-electron chi connectivity index (χ1n) is 8.25. The fourth-order valence-corrected chi connectivity index (χ4v) is 1.90. The number of hydrogen-bond donors (Lipinski definition) is 1. The second kappa shape index (κ2) is 9.93. The molecule has 0 heterocycles. The van der Waals surface area contributed by atoms with Crippen LogP contribution in [0.15, 0.2) is 70.9 Å². The lowest BCUT2D eigenvalue weighted by Crippen LogP contribution is -2.25. The van der Waals surface area contributed by atoms with E-state index in [1.165, 1.54) is 31.2 Å². The van der Waals surface area contributed by atoms with Crippen molar-refractivity contribution in [3.8, 4) is 5.75 Å². The maximum absolute atomic E-state index is 11.2. The predicted octanol–water partition coefficient (Wildman–Crippen LogP) is 3.87. The van der Waals surface area contributed by atoms with Crippen LogP contribution >= 0.6 is 0 Å². The van der Waals surface area contributed by atoms with E-state index in [-0.39, 0.29) is 24.5 Å². The van der Waals surface area contributed by atoms with Gasteiger partial charge in [-0.3, -0.25) is 10.1 Å². The Morgan fingerprint density at radius 1 is 1.11 bits per heavy atom. The van der Waals surface area contributed by atoms with Crippen molar-refractivity contribution < 1.29 is 24.3 Å². The number of aliphatic hydroxyl groups excluding tert-OH is 1. The van der Waals surface area contributed by atoms with E-state index < -0.39 is 17.0 Å². The molecule has 2 aromatic rings. The lowest BCUT2D eigenvalue weighted by atomic mass is 10.3. The van der Waals surface area contributed by atoms with Crippen LogP contribution in [0, 0.1) is 10.1 Å². The van der Waals surface area contributed by atoms with E-state index in [9.17, 15) is 20.0 Å². The molecule has 1 atom stereocenters. The highest BCUT2D eigenvalue weighted by Crippen LogP contribution is 2.23. The minimum Gasteiger partial charge on any atom is -0.491 e. The van der Waals surface area contributed by atoms with Crippen molar-refractivity contribution in [1.29, 1.82) is 0 Å². The number of azo groups is 1. The highest BCUT2D eigenvalue weighted by atomic mass is 16.6. The number of non-ortho nitro benzene ring substituents is 1. The zero-order valence-corrected chi connectivity index (χ0v) is 15.1. The molecule has 1 N–H and O–H groups in total. The highest BCUT2D eigenvalue weighted by molar-refractivity contribution is 5.86. The minimum absolute atomic E-state index is 0.0166. The van der Waals surface area contributed by atoms with Crippen molar-refractivity contribution in [3.05, 3.63) is 70.8 Å². The van der Waals surface area contributed by atoms with Crippen molar-refractivity contribution >= 4 is 23.0 Å². The van der Waals surface area contributed by atoms with Crippen LogP contribution in [0.4, 0.5) is 17.1 Å². The molecule has 9 nitrogen and oxygen atoms in total. The van der Waals surface area contributed by atoms with Crippen molar-refractivity contribution in [2.45, 2.75) is 13.0 Å². The van der Waals surface area contributed by atoms with Gasteiger partial charge >= 0.3 is 5.97 Å². The van der Waals surface area contributed by atoms with Crippen LogP contribution in [0.3, 0.4) is 0 Å². The fraction of sp³-hybridized carbons (Fsp3) is 0.211. The molecule has 0 aliphatic rings. The summed E-state index contributed by atoms with van der Waals surface area (Å²) in [5, 5.41) is 28.4. The van der Waals surface area contributed by atoms with E-state index in [0.29, 0.717) is 17.1 Å². The number of carbonyl (C=O) groups is 1. The highest BCUT2D eigenvalue weighted by Gasteiger charge is 2.10. The van der Waals surface area contributed by atoms with E-state index in [1.54, 1.807) is 24.3 Å². The molecule has 28 heavy (non-hydrogen) atoms. The van der Waals surface area contributed by atoms with E-state index in [2.05, 4.69) is 16.8 Å². The summed E-state index contributed by atoms with van der Waals surface area (Å²) in [7, 11) is 0. The summed E-state index contributed by atoms with van der Waals surface area (Å²) < 4.78 is 10.2. The molecule has 0 aliphatic carbocycles. The largest absolute Gasteiger partial charge is 0.491 e. The van der Waals surface area contributed by atoms with Crippen molar-refractivity contribution in [1.82, 2.24) is 0 Å². The van der Waals surface area contributed by atoms with Crippen LogP contribution in [-0.2, 0) is 9.53 Å². The van der Waals surface area contributed by atoms with E-state index in [4.69, 9.17) is 9.47 Å². The molecule has 0 amide bonds. The van der Waals surface area contributed by atoms with Gasteiger partial charge in [0.25, 0.3) is 5.69 Å². The molecule has 9 heteroatoms. The number of carbonyl (C=O) groups excluding carboxylic acids is 1.